The number of nitrogens with zero attached hydrogens (tertiary/aromatic N) is 2. The average Bonchev–Trinajstić information content (AvgIpc) is 2.74. The quantitative estimate of drug-likeness (QED) is 0.513. The van der Waals surface area contributed by atoms with Crippen molar-refractivity contribution in [3.05, 3.63) is 73.1 Å². The van der Waals surface area contributed by atoms with E-state index in [0.29, 0.717) is 0 Å². The molecule has 2 heteroatoms. The fourth-order valence-electron chi connectivity index (χ4n) is 1.86. The van der Waals surface area contributed by atoms with Crippen LogP contribution >= 0.6 is 0 Å². The zero-order chi connectivity index (χ0) is 18.2. The molecule has 0 aliphatic heterocycles. The van der Waals surface area contributed by atoms with Gasteiger partial charge in [0, 0.05) is 11.1 Å². The molecule has 0 spiro atoms. The fourth-order valence-corrected chi connectivity index (χ4v) is 1.86. The molecule has 0 aliphatic rings. The van der Waals surface area contributed by atoms with E-state index in [1.807, 2.05) is 102 Å². The molecule has 3 aromatic rings. The monoisotopic (exact) mass is 322 g/mol. The van der Waals surface area contributed by atoms with Crippen LogP contribution in [0.3, 0.4) is 0 Å². The van der Waals surface area contributed by atoms with E-state index in [1.54, 1.807) is 12.4 Å². The maximum Gasteiger partial charge on any atom is 0.0892 e. The fraction of sp³-hybridized carbons (Fsp3) is 0.273. The lowest BCUT2D eigenvalue weighted by atomic mass is 10.1. The third-order valence-electron chi connectivity index (χ3n) is 2.77. The third-order valence-corrected chi connectivity index (χ3v) is 2.77. The molecule has 0 bridgehead atoms. The second-order valence-electron chi connectivity index (χ2n) is 4.02. The molecule has 0 aliphatic carbocycles. The van der Waals surface area contributed by atoms with Crippen molar-refractivity contribution >= 4 is 0 Å². The summed E-state index contributed by atoms with van der Waals surface area (Å²) in [6, 6.07) is 20.2. The Balaban J connectivity index is 0.000000798. The molecule has 0 atom stereocenters. The van der Waals surface area contributed by atoms with Gasteiger partial charge in [-0.15, -0.1) is 0 Å². The molecule has 3 rings (SSSR count). The van der Waals surface area contributed by atoms with E-state index in [9.17, 15) is 0 Å². The first-order valence-corrected chi connectivity index (χ1v) is 8.86. The van der Waals surface area contributed by atoms with Crippen LogP contribution in [0.4, 0.5) is 0 Å². The standard InChI is InChI=1S/C16H12N2.3C2H6/c1-3-7-13(8-4-1)15-11-17-12-16(18-15)14-9-5-2-6-10-14;3*1-2/h1-12H;3*1-2H3. The predicted molar refractivity (Wildman–Crippen MR) is 107 cm³/mol. The van der Waals surface area contributed by atoms with Crippen LogP contribution in [0, 0.1) is 0 Å². The molecule has 0 unspecified atom stereocenters. The Labute approximate surface area is 147 Å². The van der Waals surface area contributed by atoms with Gasteiger partial charge >= 0.3 is 0 Å². The summed E-state index contributed by atoms with van der Waals surface area (Å²) in [7, 11) is 0. The van der Waals surface area contributed by atoms with E-state index >= 15 is 0 Å². The van der Waals surface area contributed by atoms with Gasteiger partial charge in [0.25, 0.3) is 0 Å². The van der Waals surface area contributed by atoms with Crippen LogP contribution in [0.15, 0.2) is 73.1 Å². The van der Waals surface area contributed by atoms with Crippen LogP contribution in [0.1, 0.15) is 41.5 Å². The summed E-state index contributed by atoms with van der Waals surface area (Å²) in [4.78, 5) is 8.93. The number of rotatable bonds is 2. The van der Waals surface area contributed by atoms with E-state index in [4.69, 9.17) is 0 Å². The lowest BCUT2D eigenvalue weighted by Crippen LogP contribution is -1.89. The highest BCUT2D eigenvalue weighted by atomic mass is 14.8. The molecule has 0 fully saturated rings. The number of hydrogen-bond donors (Lipinski definition) is 0. The maximum atomic E-state index is 4.65. The van der Waals surface area contributed by atoms with E-state index in [0.717, 1.165) is 22.5 Å². The van der Waals surface area contributed by atoms with Crippen LogP contribution in [-0.4, -0.2) is 9.97 Å². The van der Waals surface area contributed by atoms with Crippen LogP contribution in [0.2, 0.25) is 0 Å². The van der Waals surface area contributed by atoms with E-state index < -0.39 is 0 Å². The van der Waals surface area contributed by atoms with Gasteiger partial charge in [0.2, 0.25) is 0 Å². The minimum atomic E-state index is 0.900. The smallest absolute Gasteiger partial charge is 0.0892 e. The normalized spacial score (nSPS) is 8.42. The zero-order valence-corrected chi connectivity index (χ0v) is 15.8. The van der Waals surface area contributed by atoms with Crippen molar-refractivity contribution in [3.8, 4) is 22.5 Å². The van der Waals surface area contributed by atoms with Gasteiger partial charge in [0.05, 0.1) is 23.8 Å². The van der Waals surface area contributed by atoms with Gasteiger partial charge in [0.1, 0.15) is 0 Å². The third kappa shape index (κ3) is 6.74. The molecular weight excluding hydrogens is 292 g/mol. The van der Waals surface area contributed by atoms with Gasteiger partial charge in [-0.05, 0) is 0 Å². The SMILES string of the molecule is CC.CC.CC.c1ccc(-c2cncc(-c3ccccc3)n2)cc1. The first-order valence-electron chi connectivity index (χ1n) is 8.86. The van der Waals surface area contributed by atoms with Crippen molar-refractivity contribution in [1.29, 1.82) is 0 Å². The minimum Gasteiger partial charge on any atom is -0.260 e. The Morgan fingerprint density at radius 2 is 0.833 bits per heavy atom. The molecule has 0 N–H and O–H groups in total. The lowest BCUT2D eigenvalue weighted by molar-refractivity contribution is 1.21. The highest BCUT2D eigenvalue weighted by molar-refractivity contribution is 5.64. The van der Waals surface area contributed by atoms with Crippen molar-refractivity contribution in [2.75, 3.05) is 0 Å². The summed E-state index contributed by atoms with van der Waals surface area (Å²) in [6.45, 7) is 12.0. The van der Waals surface area contributed by atoms with E-state index in [-0.39, 0.29) is 0 Å². The van der Waals surface area contributed by atoms with Crippen LogP contribution < -0.4 is 0 Å². The van der Waals surface area contributed by atoms with Crippen LogP contribution in [0.5, 0.6) is 0 Å². The van der Waals surface area contributed by atoms with E-state index in [1.165, 1.54) is 0 Å². The van der Waals surface area contributed by atoms with Crippen LogP contribution in [0.25, 0.3) is 22.5 Å². The Morgan fingerprint density at radius 3 is 1.17 bits per heavy atom. The molecule has 0 radical (unpaired) electrons. The highest BCUT2D eigenvalue weighted by Gasteiger charge is 2.02. The molecule has 0 amide bonds. The van der Waals surface area contributed by atoms with Crippen molar-refractivity contribution < 1.29 is 0 Å². The minimum absolute atomic E-state index is 0.900. The van der Waals surface area contributed by atoms with Crippen molar-refractivity contribution in [3.63, 3.8) is 0 Å². The molecule has 2 aromatic carbocycles. The largest absolute Gasteiger partial charge is 0.260 e. The van der Waals surface area contributed by atoms with Crippen molar-refractivity contribution in [1.82, 2.24) is 9.97 Å². The second-order valence-corrected chi connectivity index (χ2v) is 4.02. The Hall–Kier alpha value is -2.48. The Morgan fingerprint density at radius 1 is 0.500 bits per heavy atom. The molecule has 1 aromatic heterocycles. The average molecular weight is 322 g/mol. The lowest BCUT2D eigenvalue weighted by Gasteiger charge is -2.04. The van der Waals surface area contributed by atoms with Gasteiger partial charge in [-0.1, -0.05) is 102 Å². The van der Waals surface area contributed by atoms with Crippen molar-refractivity contribution in [2.24, 2.45) is 0 Å². The highest BCUT2D eigenvalue weighted by Crippen LogP contribution is 2.20. The zero-order valence-electron chi connectivity index (χ0n) is 15.8. The van der Waals surface area contributed by atoms with Crippen molar-refractivity contribution in [2.45, 2.75) is 41.5 Å². The molecular formula is C22H30N2. The first kappa shape index (κ1) is 21.5. The van der Waals surface area contributed by atoms with Crippen LogP contribution in [-0.2, 0) is 0 Å². The summed E-state index contributed by atoms with van der Waals surface area (Å²) in [5, 5.41) is 0. The summed E-state index contributed by atoms with van der Waals surface area (Å²) >= 11 is 0. The van der Waals surface area contributed by atoms with Gasteiger partial charge in [-0.3, -0.25) is 4.98 Å². The molecule has 2 nitrogen and oxygen atoms in total. The molecule has 128 valence electrons. The number of aromatic nitrogens is 2. The summed E-state index contributed by atoms with van der Waals surface area (Å²) in [6.07, 6.45) is 3.59. The molecule has 0 saturated carbocycles. The van der Waals surface area contributed by atoms with Gasteiger partial charge < -0.3 is 0 Å². The van der Waals surface area contributed by atoms with E-state index in [2.05, 4.69) is 9.97 Å². The Bertz CT molecular complexity index is 580. The van der Waals surface area contributed by atoms with Gasteiger partial charge in [0.15, 0.2) is 0 Å². The van der Waals surface area contributed by atoms with Gasteiger partial charge in [-0.2, -0.15) is 0 Å². The first-order chi connectivity index (χ1) is 11.9. The summed E-state index contributed by atoms with van der Waals surface area (Å²) < 4.78 is 0. The predicted octanol–water partition coefficient (Wildman–Crippen LogP) is 6.89. The number of benzene rings is 2. The van der Waals surface area contributed by atoms with Gasteiger partial charge in [-0.25, -0.2) is 4.98 Å². The summed E-state index contributed by atoms with van der Waals surface area (Å²) in [5.41, 5.74) is 3.97. The topological polar surface area (TPSA) is 25.8 Å². The molecule has 24 heavy (non-hydrogen) atoms. The molecule has 0 saturated heterocycles. The maximum absolute atomic E-state index is 4.65. The number of hydrogen-bond acceptors (Lipinski definition) is 2. The second kappa shape index (κ2) is 14.1. The molecule has 1 heterocycles. The summed E-state index contributed by atoms with van der Waals surface area (Å²) in [5.74, 6) is 0. The Kier molecular flexibility index (Phi) is 12.7.